The van der Waals surface area contributed by atoms with Crippen molar-refractivity contribution in [2.24, 2.45) is 11.7 Å². The number of rotatable bonds is 3. The number of nitrogens with two attached hydrogens (primary N) is 1. The fourth-order valence-electron chi connectivity index (χ4n) is 2.37. The van der Waals surface area contributed by atoms with Crippen LogP contribution in [0.5, 0.6) is 0 Å². The number of piperidine rings is 1. The van der Waals surface area contributed by atoms with Gasteiger partial charge in [0.25, 0.3) is 0 Å². The van der Waals surface area contributed by atoms with Crippen LogP contribution >= 0.6 is 0 Å². The fourth-order valence-corrected chi connectivity index (χ4v) is 2.37. The molecule has 1 aliphatic heterocycles. The molecule has 0 aromatic carbocycles. The molecule has 94 valence electrons. The Hall–Kier alpha value is -1.16. The van der Waals surface area contributed by atoms with Crippen LogP contribution in [0.25, 0.3) is 0 Å². The lowest BCUT2D eigenvalue weighted by molar-refractivity contribution is 0.392. The Bertz CT molecular complexity index is 370. The normalized spacial score (nSPS) is 17.5. The van der Waals surface area contributed by atoms with Gasteiger partial charge in [0, 0.05) is 37.1 Å². The lowest BCUT2D eigenvalue weighted by atomic mass is 9.95. The maximum atomic E-state index is 5.62. The summed E-state index contributed by atoms with van der Waals surface area (Å²) in [5.74, 6) is 1.75. The van der Waals surface area contributed by atoms with E-state index in [0.29, 0.717) is 6.54 Å². The third-order valence-electron chi connectivity index (χ3n) is 3.76. The quantitative estimate of drug-likeness (QED) is 0.867. The summed E-state index contributed by atoms with van der Waals surface area (Å²) in [6.07, 6.45) is 5.68. The van der Waals surface area contributed by atoms with Gasteiger partial charge in [-0.2, -0.15) is 0 Å². The minimum absolute atomic E-state index is 0.518. The van der Waals surface area contributed by atoms with Gasteiger partial charge in [-0.15, -0.1) is 0 Å². The topological polar surface area (TPSA) is 55.0 Å². The average molecular weight is 234 g/mol. The van der Waals surface area contributed by atoms with E-state index in [1.54, 1.807) is 0 Å². The highest BCUT2D eigenvalue weighted by atomic mass is 15.2. The number of aromatic nitrogens is 2. The first-order valence-corrected chi connectivity index (χ1v) is 6.52. The van der Waals surface area contributed by atoms with Crippen molar-refractivity contribution in [1.82, 2.24) is 9.97 Å². The van der Waals surface area contributed by atoms with E-state index in [1.165, 1.54) is 19.3 Å². The van der Waals surface area contributed by atoms with E-state index >= 15 is 0 Å². The Kier molecular flexibility index (Phi) is 3.94. The monoisotopic (exact) mass is 234 g/mol. The highest BCUT2D eigenvalue weighted by Gasteiger charge is 2.19. The van der Waals surface area contributed by atoms with E-state index in [2.05, 4.69) is 21.8 Å². The van der Waals surface area contributed by atoms with Crippen molar-refractivity contribution in [2.75, 3.05) is 18.0 Å². The van der Waals surface area contributed by atoms with Crippen molar-refractivity contribution < 1.29 is 0 Å². The fraction of sp³-hybridized carbons (Fsp3) is 0.692. The van der Waals surface area contributed by atoms with Crippen molar-refractivity contribution in [3.05, 3.63) is 17.5 Å². The molecule has 0 amide bonds. The van der Waals surface area contributed by atoms with Gasteiger partial charge in [-0.3, -0.25) is 0 Å². The average Bonchev–Trinajstić information content (AvgIpc) is 2.39. The first kappa shape index (κ1) is 12.3. The molecule has 0 radical (unpaired) electrons. The highest BCUT2D eigenvalue weighted by Crippen LogP contribution is 2.23. The highest BCUT2D eigenvalue weighted by molar-refractivity contribution is 5.33. The van der Waals surface area contributed by atoms with E-state index in [1.807, 2.05) is 13.1 Å². The maximum Gasteiger partial charge on any atom is 0.225 e. The molecule has 0 bridgehead atoms. The predicted molar refractivity (Wildman–Crippen MR) is 69.9 cm³/mol. The molecule has 1 aliphatic rings. The van der Waals surface area contributed by atoms with Gasteiger partial charge in [-0.25, -0.2) is 9.97 Å². The summed E-state index contributed by atoms with van der Waals surface area (Å²) in [5, 5.41) is 0. The first-order chi connectivity index (χ1) is 8.24. The van der Waals surface area contributed by atoms with Crippen molar-refractivity contribution in [3.8, 4) is 0 Å². The van der Waals surface area contributed by atoms with Crippen LogP contribution in [0.3, 0.4) is 0 Å². The van der Waals surface area contributed by atoms with Crippen LogP contribution in [0.1, 0.15) is 37.4 Å². The number of nitrogens with zero attached hydrogens (tertiary/aromatic N) is 3. The molecule has 4 nitrogen and oxygen atoms in total. The lowest BCUT2D eigenvalue weighted by Crippen LogP contribution is -2.34. The molecule has 0 aliphatic carbocycles. The van der Waals surface area contributed by atoms with Crippen LogP contribution in [0.2, 0.25) is 0 Å². The zero-order valence-electron chi connectivity index (χ0n) is 10.8. The van der Waals surface area contributed by atoms with Crippen molar-refractivity contribution in [1.29, 1.82) is 0 Å². The van der Waals surface area contributed by atoms with Gasteiger partial charge < -0.3 is 10.6 Å². The van der Waals surface area contributed by atoms with Gasteiger partial charge in [0.15, 0.2) is 0 Å². The van der Waals surface area contributed by atoms with Crippen molar-refractivity contribution in [2.45, 2.75) is 39.7 Å². The van der Waals surface area contributed by atoms with Crippen LogP contribution in [0.15, 0.2) is 6.20 Å². The second-order valence-corrected chi connectivity index (χ2v) is 4.82. The Balaban J connectivity index is 2.06. The maximum absolute atomic E-state index is 5.62. The number of hydrogen-bond donors (Lipinski definition) is 1. The molecule has 2 heterocycles. The predicted octanol–water partition coefficient (Wildman–Crippen LogP) is 1.87. The number of aryl methyl sites for hydroxylation is 1. The summed E-state index contributed by atoms with van der Waals surface area (Å²) in [6, 6.07) is 0. The molecule has 1 aromatic rings. The van der Waals surface area contributed by atoms with Gasteiger partial charge in [0.05, 0.1) is 0 Å². The number of hydrogen-bond acceptors (Lipinski definition) is 4. The molecule has 0 atom stereocenters. The van der Waals surface area contributed by atoms with E-state index in [9.17, 15) is 0 Å². The summed E-state index contributed by atoms with van der Waals surface area (Å²) in [5.41, 5.74) is 7.67. The molecule has 2 N–H and O–H groups in total. The third kappa shape index (κ3) is 2.75. The third-order valence-corrected chi connectivity index (χ3v) is 3.76. The van der Waals surface area contributed by atoms with E-state index < -0.39 is 0 Å². The van der Waals surface area contributed by atoms with Crippen LogP contribution in [0.4, 0.5) is 5.95 Å². The minimum atomic E-state index is 0.518. The molecular weight excluding hydrogens is 212 g/mol. The van der Waals surface area contributed by atoms with Crippen LogP contribution in [0, 0.1) is 12.8 Å². The molecule has 1 fully saturated rings. The molecule has 0 spiro atoms. The first-order valence-electron chi connectivity index (χ1n) is 6.52. The summed E-state index contributed by atoms with van der Waals surface area (Å²) in [4.78, 5) is 11.3. The van der Waals surface area contributed by atoms with Crippen LogP contribution in [-0.2, 0) is 6.54 Å². The Morgan fingerprint density at radius 3 is 2.65 bits per heavy atom. The zero-order valence-corrected chi connectivity index (χ0v) is 10.8. The molecule has 1 aromatic heterocycles. The summed E-state index contributed by atoms with van der Waals surface area (Å²) in [7, 11) is 0. The molecule has 17 heavy (non-hydrogen) atoms. The van der Waals surface area contributed by atoms with Gasteiger partial charge in [-0.1, -0.05) is 13.3 Å². The molecule has 0 unspecified atom stereocenters. The Morgan fingerprint density at radius 1 is 1.41 bits per heavy atom. The van der Waals surface area contributed by atoms with Gasteiger partial charge in [0.2, 0.25) is 5.95 Å². The smallest absolute Gasteiger partial charge is 0.225 e. The molecular formula is C13H22N4. The molecule has 0 saturated carbocycles. The SMILES string of the molecule is CCC1CCN(c2ncc(CN)c(C)n2)CC1. The van der Waals surface area contributed by atoms with Crippen LogP contribution in [-0.4, -0.2) is 23.1 Å². The summed E-state index contributed by atoms with van der Waals surface area (Å²) >= 11 is 0. The van der Waals surface area contributed by atoms with Gasteiger partial charge in [0.1, 0.15) is 0 Å². The standard InChI is InChI=1S/C13H22N4/c1-3-11-4-6-17(7-5-11)13-15-9-12(8-14)10(2)16-13/h9,11H,3-8,14H2,1-2H3. The summed E-state index contributed by atoms with van der Waals surface area (Å²) < 4.78 is 0. The van der Waals surface area contributed by atoms with E-state index in [-0.39, 0.29) is 0 Å². The lowest BCUT2D eigenvalue weighted by Gasteiger charge is -2.31. The largest absolute Gasteiger partial charge is 0.341 e. The minimum Gasteiger partial charge on any atom is -0.341 e. The van der Waals surface area contributed by atoms with E-state index in [4.69, 9.17) is 5.73 Å². The molecule has 1 saturated heterocycles. The Labute approximate surface area is 103 Å². The zero-order chi connectivity index (χ0) is 12.3. The van der Waals surface area contributed by atoms with Gasteiger partial charge in [-0.05, 0) is 25.7 Å². The molecule has 2 rings (SSSR count). The second kappa shape index (κ2) is 5.45. The number of anilines is 1. The van der Waals surface area contributed by atoms with Gasteiger partial charge >= 0.3 is 0 Å². The van der Waals surface area contributed by atoms with Crippen LogP contribution < -0.4 is 10.6 Å². The second-order valence-electron chi connectivity index (χ2n) is 4.82. The summed E-state index contributed by atoms with van der Waals surface area (Å²) in [6.45, 7) is 6.97. The Morgan fingerprint density at radius 2 is 2.12 bits per heavy atom. The van der Waals surface area contributed by atoms with Crippen molar-refractivity contribution in [3.63, 3.8) is 0 Å². The molecule has 4 heteroatoms. The van der Waals surface area contributed by atoms with E-state index in [0.717, 1.165) is 36.2 Å². The van der Waals surface area contributed by atoms with Crippen molar-refractivity contribution >= 4 is 5.95 Å².